The Balaban J connectivity index is 3.25. The summed E-state index contributed by atoms with van der Waals surface area (Å²) in [6.07, 6.45) is -2.58. The van der Waals surface area contributed by atoms with Crippen LogP contribution in [0.5, 0.6) is 5.88 Å². The van der Waals surface area contributed by atoms with Crippen molar-refractivity contribution in [3.63, 3.8) is 0 Å². The molecule has 0 atom stereocenters. The maximum Gasteiger partial charge on any atom is 0.269 e. The number of halogens is 2. The molecule has 1 aromatic heterocycles. The van der Waals surface area contributed by atoms with Crippen LogP contribution in [0.3, 0.4) is 0 Å². The second-order valence-corrected chi connectivity index (χ2v) is 2.97. The quantitative estimate of drug-likeness (QED) is 0.772. The molecule has 15 heavy (non-hydrogen) atoms. The second-order valence-electron chi connectivity index (χ2n) is 2.97. The molecule has 0 fully saturated rings. The van der Waals surface area contributed by atoms with E-state index in [1.165, 1.54) is 13.2 Å². The summed E-state index contributed by atoms with van der Waals surface area (Å²) in [6.45, 7) is 1.66. The predicted molar refractivity (Wildman–Crippen MR) is 49.8 cm³/mol. The Bertz CT molecular complexity index is 399. The minimum absolute atomic E-state index is 0.0720. The molecule has 0 saturated heterocycles. The first kappa shape index (κ1) is 11.4. The molecule has 0 amide bonds. The van der Waals surface area contributed by atoms with Crippen LogP contribution < -0.4 is 4.74 Å². The molecular weight excluding hydrogens is 202 g/mol. The average Bonchev–Trinajstić information content (AvgIpc) is 2.20. The van der Waals surface area contributed by atoms with Crippen molar-refractivity contribution in [2.45, 2.75) is 19.8 Å². The fourth-order valence-corrected chi connectivity index (χ4v) is 1.23. The number of hydrogen-bond acceptors (Lipinski definition) is 3. The van der Waals surface area contributed by atoms with Crippen molar-refractivity contribution in [1.29, 1.82) is 5.26 Å². The second kappa shape index (κ2) is 4.69. The van der Waals surface area contributed by atoms with E-state index in [0.717, 1.165) is 0 Å². The van der Waals surface area contributed by atoms with Gasteiger partial charge < -0.3 is 4.74 Å². The highest BCUT2D eigenvalue weighted by molar-refractivity contribution is 5.36. The van der Waals surface area contributed by atoms with E-state index >= 15 is 0 Å². The summed E-state index contributed by atoms with van der Waals surface area (Å²) in [4.78, 5) is 3.88. The fraction of sp³-hybridized carbons (Fsp3) is 0.400. The van der Waals surface area contributed by atoms with E-state index in [1.54, 1.807) is 6.92 Å². The Labute approximate surface area is 86.3 Å². The number of rotatable bonds is 3. The van der Waals surface area contributed by atoms with E-state index in [1.807, 2.05) is 6.07 Å². The molecule has 0 aliphatic carbocycles. The van der Waals surface area contributed by atoms with Crippen molar-refractivity contribution >= 4 is 0 Å². The molecule has 3 nitrogen and oxygen atoms in total. The Kier molecular flexibility index (Phi) is 3.56. The number of alkyl halides is 2. The van der Waals surface area contributed by atoms with Gasteiger partial charge >= 0.3 is 0 Å². The standard InChI is InChI=1S/C10H10F2N2O/c1-6-7(3-4-13)5-8(9(11)12)10(14-6)15-2/h5,9H,3H2,1-2H3. The van der Waals surface area contributed by atoms with Crippen LogP contribution in [0.25, 0.3) is 0 Å². The lowest BCUT2D eigenvalue weighted by atomic mass is 10.1. The summed E-state index contributed by atoms with van der Waals surface area (Å²) >= 11 is 0. The minimum Gasteiger partial charge on any atom is -0.481 e. The number of pyridine rings is 1. The fourth-order valence-electron chi connectivity index (χ4n) is 1.23. The van der Waals surface area contributed by atoms with Crippen LogP contribution in [0.15, 0.2) is 6.07 Å². The van der Waals surface area contributed by atoms with Gasteiger partial charge in [0.25, 0.3) is 6.43 Å². The molecule has 5 heteroatoms. The summed E-state index contributed by atoms with van der Waals surface area (Å²) in [6, 6.07) is 3.18. The molecule has 0 radical (unpaired) electrons. The van der Waals surface area contributed by atoms with Crippen LogP contribution in [0.2, 0.25) is 0 Å². The summed E-state index contributed by atoms with van der Waals surface area (Å²) in [5.41, 5.74) is 0.778. The molecule has 1 aromatic rings. The van der Waals surface area contributed by atoms with Crippen LogP contribution >= 0.6 is 0 Å². The zero-order valence-electron chi connectivity index (χ0n) is 8.42. The molecule has 0 aromatic carbocycles. The van der Waals surface area contributed by atoms with Crippen LogP contribution in [-0.2, 0) is 6.42 Å². The number of nitriles is 1. The van der Waals surface area contributed by atoms with Crippen molar-refractivity contribution in [2.24, 2.45) is 0 Å². The maximum absolute atomic E-state index is 12.6. The van der Waals surface area contributed by atoms with Gasteiger partial charge in [0, 0.05) is 5.69 Å². The summed E-state index contributed by atoms with van der Waals surface area (Å²) in [7, 11) is 1.29. The van der Waals surface area contributed by atoms with Gasteiger partial charge in [-0.1, -0.05) is 0 Å². The highest BCUT2D eigenvalue weighted by atomic mass is 19.3. The molecule has 0 aliphatic rings. The topological polar surface area (TPSA) is 45.9 Å². The van der Waals surface area contributed by atoms with Crippen molar-refractivity contribution in [3.8, 4) is 11.9 Å². The monoisotopic (exact) mass is 212 g/mol. The van der Waals surface area contributed by atoms with Gasteiger partial charge in [-0.05, 0) is 18.6 Å². The van der Waals surface area contributed by atoms with Gasteiger partial charge in [0.1, 0.15) is 0 Å². The molecular formula is C10H10F2N2O. The third kappa shape index (κ3) is 2.40. The predicted octanol–water partition coefficient (Wildman–Crippen LogP) is 2.40. The number of aryl methyl sites for hydroxylation is 1. The lowest BCUT2D eigenvalue weighted by Gasteiger charge is -2.10. The third-order valence-corrected chi connectivity index (χ3v) is 2.01. The highest BCUT2D eigenvalue weighted by Crippen LogP contribution is 2.29. The molecule has 80 valence electrons. The first-order valence-corrected chi connectivity index (χ1v) is 4.29. The van der Waals surface area contributed by atoms with Gasteiger partial charge in [-0.2, -0.15) is 5.26 Å². The van der Waals surface area contributed by atoms with E-state index in [0.29, 0.717) is 11.3 Å². The number of hydrogen-bond donors (Lipinski definition) is 0. The zero-order chi connectivity index (χ0) is 11.4. The van der Waals surface area contributed by atoms with E-state index in [9.17, 15) is 8.78 Å². The Morgan fingerprint density at radius 1 is 1.60 bits per heavy atom. The molecule has 0 saturated carbocycles. The van der Waals surface area contributed by atoms with Gasteiger partial charge in [-0.3, -0.25) is 0 Å². The Morgan fingerprint density at radius 2 is 2.27 bits per heavy atom. The molecule has 1 rings (SSSR count). The van der Waals surface area contributed by atoms with Crippen LogP contribution in [-0.4, -0.2) is 12.1 Å². The largest absolute Gasteiger partial charge is 0.481 e. The van der Waals surface area contributed by atoms with Crippen LogP contribution in [0, 0.1) is 18.3 Å². The lowest BCUT2D eigenvalue weighted by Crippen LogP contribution is -2.01. The summed E-state index contributed by atoms with van der Waals surface area (Å²) in [5, 5.41) is 8.50. The molecule has 0 bridgehead atoms. The lowest BCUT2D eigenvalue weighted by molar-refractivity contribution is 0.146. The van der Waals surface area contributed by atoms with Crippen molar-refractivity contribution in [1.82, 2.24) is 4.98 Å². The minimum atomic E-state index is -2.65. The van der Waals surface area contributed by atoms with Crippen LogP contribution in [0.1, 0.15) is 23.2 Å². The number of nitrogens with zero attached hydrogens (tertiary/aromatic N) is 2. The number of methoxy groups -OCH3 is 1. The number of aromatic nitrogens is 1. The summed E-state index contributed by atoms with van der Waals surface area (Å²) in [5.74, 6) is -0.0795. The number of ether oxygens (including phenoxy) is 1. The van der Waals surface area contributed by atoms with Gasteiger partial charge in [0.15, 0.2) is 0 Å². The van der Waals surface area contributed by atoms with Crippen molar-refractivity contribution < 1.29 is 13.5 Å². The maximum atomic E-state index is 12.6. The summed E-state index contributed by atoms with van der Waals surface area (Å²) < 4.78 is 29.9. The van der Waals surface area contributed by atoms with Gasteiger partial charge in [0.2, 0.25) is 5.88 Å². The third-order valence-electron chi connectivity index (χ3n) is 2.01. The molecule has 0 spiro atoms. The Hall–Kier alpha value is -1.70. The molecule has 0 unspecified atom stereocenters. The average molecular weight is 212 g/mol. The first-order chi connectivity index (χ1) is 7.10. The SMILES string of the molecule is COc1nc(C)c(CC#N)cc1C(F)F. The molecule has 1 heterocycles. The van der Waals surface area contributed by atoms with Crippen molar-refractivity contribution in [2.75, 3.05) is 7.11 Å². The van der Waals surface area contributed by atoms with E-state index < -0.39 is 6.43 Å². The van der Waals surface area contributed by atoms with E-state index in [-0.39, 0.29) is 17.9 Å². The first-order valence-electron chi connectivity index (χ1n) is 4.29. The Morgan fingerprint density at radius 3 is 2.73 bits per heavy atom. The molecule has 0 aliphatic heterocycles. The van der Waals surface area contributed by atoms with Gasteiger partial charge in [-0.15, -0.1) is 0 Å². The van der Waals surface area contributed by atoms with Gasteiger partial charge in [-0.25, -0.2) is 13.8 Å². The smallest absolute Gasteiger partial charge is 0.269 e. The van der Waals surface area contributed by atoms with E-state index in [2.05, 4.69) is 4.98 Å². The highest BCUT2D eigenvalue weighted by Gasteiger charge is 2.17. The zero-order valence-corrected chi connectivity index (χ0v) is 8.42. The van der Waals surface area contributed by atoms with Crippen LogP contribution in [0.4, 0.5) is 8.78 Å². The van der Waals surface area contributed by atoms with Crippen molar-refractivity contribution in [3.05, 3.63) is 22.9 Å². The normalized spacial score (nSPS) is 10.1. The van der Waals surface area contributed by atoms with E-state index in [4.69, 9.17) is 10.00 Å². The molecule has 0 N–H and O–H groups in total. The van der Waals surface area contributed by atoms with Gasteiger partial charge in [0.05, 0.1) is 25.2 Å².